The average Bonchev–Trinajstić information content (AvgIpc) is 3.24. The molecule has 2 aliphatic heterocycles. The van der Waals surface area contributed by atoms with E-state index in [4.69, 9.17) is 0 Å². The lowest BCUT2D eigenvalue weighted by molar-refractivity contribution is 0.186. The number of hydrogen-bond donors (Lipinski definition) is 0. The SMILES string of the molecule is CCN1CCC(n2cc(CN3CCc4sccc4C3)nn2)CC1. The first-order valence-corrected chi connectivity index (χ1v) is 9.60. The minimum atomic E-state index is 0.531. The molecule has 2 aliphatic rings. The van der Waals surface area contributed by atoms with E-state index in [1.54, 1.807) is 4.88 Å². The Labute approximate surface area is 141 Å². The van der Waals surface area contributed by atoms with Crippen molar-refractivity contribution in [2.24, 2.45) is 0 Å². The molecule has 0 saturated carbocycles. The van der Waals surface area contributed by atoms with Crippen LogP contribution in [0.2, 0.25) is 0 Å². The molecule has 124 valence electrons. The van der Waals surface area contributed by atoms with Crippen molar-refractivity contribution in [3.05, 3.63) is 33.8 Å². The summed E-state index contributed by atoms with van der Waals surface area (Å²) in [5.41, 5.74) is 2.61. The predicted octanol–water partition coefficient (Wildman–Crippen LogP) is 2.55. The molecule has 0 amide bonds. The monoisotopic (exact) mass is 331 g/mol. The summed E-state index contributed by atoms with van der Waals surface area (Å²) in [5, 5.41) is 11.1. The van der Waals surface area contributed by atoms with Gasteiger partial charge in [-0.15, -0.1) is 16.4 Å². The van der Waals surface area contributed by atoms with Crippen LogP contribution in [0, 0.1) is 0 Å². The van der Waals surface area contributed by atoms with E-state index >= 15 is 0 Å². The van der Waals surface area contributed by atoms with Crippen LogP contribution in [0.3, 0.4) is 0 Å². The number of nitrogens with zero attached hydrogens (tertiary/aromatic N) is 5. The second kappa shape index (κ2) is 6.71. The number of rotatable bonds is 4. The number of hydrogen-bond acceptors (Lipinski definition) is 5. The normalized spacial score (nSPS) is 20.7. The van der Waals surface area contributed by atoms with Crippen molar-refractivity contribution in [3.63, 3.8) is 0 Å². The van der Waals surface area contributed by atoms with Crippen LogP contribution >= 0.6 is 11.3 Å². The number of piperidine rings is 1. The molecular formula is C17H25N5S. The molecule has 2 aromatic rings. The maximum absolute atomic E-state index is 4.43. The quantitative estimate of drug-likeness (QED) is 0.863. The number of thiophene rings is 1. The van der Waals surface area contributed by atoms with Gasteiger partial charge < -0.3 is 4.90 Å². The molecule has 2 aromatic heterocycles. The summed E-state index contributed by atoms with van der Waals surface area (Å²) < 4.78 is 2.11. The van der Waals surface area contributed by atoms with Crippen LogP contribution in [0.5, 0.6) is 0 Å². The Bertz CT molecular complexity index is 641. The van der Waals surface area contributed by atoms with Crippen LogP contribution < -0.4 is 0 Å². The highest BCUT2D eigenvalue weighted by atomic mass is 32.1. The van der Waals surface area contributed by atoms with E-state index in [0.717, 1.165) is 31.9 Å². The molecule has 0 unspecified atom stereocenters. The van der Waals surface area contributed by atoms with Crippen molar-refractivity contribution in [2.75, 3.05) is 26.2 Å². The lowest BCUT2D eigenvalue weighted by Crippen LogP contribution is -2.34. The Hall–Kier alpha value is -1.24. The van der Waals surface area contributed by atoms with E-state index in [-0.39, 0.29) is 0 Å². The smallest absolute Gasteiger partial charge is 0.0967 e. The fourth-order valence-electron chi connectivity index (χ4n) is 3.74. The van der Waals surface area contributed by atoms with Crippen molar-refractivity contribution in [1.82, 2.24) is 24.8 Å². The maximum Gasteiger partial charge on any atom is 0.0967 e. The summed E-state index contributed by atoms with van der Waals surface area (Å²) in [6.07, 6.45) is 5.74. The third-order valence-corrected chi connectivity index (χ3v) is 6.23. The summed E-state index contributed by atoms with van der Waals surface area (Å²) in [4.78, 5) is 6.57. The molecule has 4 rings (SSSR count). The molecule has 0 aromatic carbocycles. The standard InChI is InChI=1S/C17H25N5S/c1-2-20-7-3-16(4-8-20)22-13-15(18-19-22)12-21-9-5-17-14(11-21)6-10-23-17/h6,10,13,16H,2-5,7-9,11-12H2,1H3. The third-order valence-electron chi connectivity index (χ3n) is 5.21. The zero-order valence-corrected chi connectivity index (χ0v) is 14.6. The van der Waals surface area contributed by atoms with Gasteiger partial charge in [0.1, 0.15) is 0 Å². The molecule has 0 aliphatic carbocycles. The first kappa shape index (κ1) is 15.3. The van der Waals surface area contributed by atoms with Crippen molar-refractivity contribution < 1.29 is 0 Å². The van der Waals surface area contributed by atoms with Gasteiger partial charge in [0.2, 0.25) is 0 Å². The highest BCUT2D eigenvalue weighted by Gasteiger charge is 2.22. The van der Waals surface area contributed by atoms with Crippen molar-refractivity contribution in [2.45, 2.75) is 45.3 Å². The van der Waals surface area contributed by atoms with Crippen molar-refractivity contribution in [3.8, 4) is 0 Å². The minimum Gasteiger partial charge on any atom is -0.303 e. The molecule has 0 spiro atoms. The lowest BCUT2D eigenvalue weighted by Gasteiger charge is -2.30. The fourth-order valence-corrected chi connectivity index (χ4v) is 4.63. The molecule has 1 fully saturated rings. The van der Waals surface area contributed by atoms with Gasteiger partial charge in [0, 0.05) is 37.6 Å². The Morgan fingerprint density at radius 2 is 2.09 bits per heavy atom. The molecule has 0 radical (unpaired) electrons. The van der Waals surface area contributed by atoms with E-state index < -0.39 is 0 Å². The first-order valence-electron chi connectivity index (χ1n) is 8.72. The molecule has 0 atom stereocenters. The van der Waals surface area contributed by atoms with Gasteiger partial charge in [-0.25, -0.2) is 4.68 Å². The molecule has 6 heteroatoms. The highest BCUT2D eigenvalue weighted by Crippen LogP contribution is 2.25. The summed E-state index contributed by atoms with van der Waals surface area (Å²) >= 11 is 1.90. The summed E-state index contributed by atoms with van der Waals surface area (Å²) in [7, 11) is 0. The van der Waals surface area contributed by atoms with Crippen LogP contribution in [-0.4, -0.2) is 51.0 Å². The van der Waals surface area contributed by atoms with Gasteiger partial charge in [-0.05, 0) is 42.8 Å². The average molecular weight is 331 g/mol. The minimum absolute atomic E-state index is 0.531. The Morgan fingerprint density at radius 3 is 2.91 bits per heavy atom. The van der Waals surface area contributed by atoms with Crippen LogP contribution in [0.25, 0.3) is 0 Å². The molecule has 0 N–H and O–H groups in total. The van der Waals surface area contributed by atoms with Crippen molar-refractivity contribution >= 4 is 11.3 Å². The Morgan fingerprint density at radius 1 is 1.22 bits per heavy atom. The van der Waals surface area contributed by atoms with Gasteiger partial charge in [0.15, 0.2) is 0 Å². The first-order chi connectivity index (χ1) is 11.3. The van der Waals surface area contributed by atoms with Crippen LogP contribution in [0.4, 0.5) is 0 Å². The zero-order chi connectivity index (χ0) is 15.6. The van der Waals surface area contributed by atoms with E-state index in [2.05, 4.69) is 49.4 Å². The zero-order valence-electron chi connectivity index (χ0n) is 13.8. The lowest BCUT2D eigenvalue weighted by atomic mass is 10.1. The van der Waals surface area contributed by atoms with E-state index in [0.29, 0.717) is 6.04 Å². The van der Waals surface area contributed by atoms with E-state index in [1.807, 2.05) is 11.3 Å². The van der Waals surface area contributed by atoms with Crippen LogP contribution in [0.15, 0.2) is 17.6 Å². The van der Waals surface area contributed by atoms with Gasteiger partial charge in [-0.3, -0.25) is 4.90 Å². The summed E-state index contributed by atoms with van der Waals surface area (Å²) in [5.74, 6) is 0. The summed E-state index contributed by atoms with van der Waals surface area (Å²) in [6.45, 7) is 8.88. The second-order valence-electron chi connectivity index (χ2n) is 6.68. The molecule has 5 nitrogen and oxygen atoms in total. The molecule has 1 saturated heterocycles. The molecular weight excluding hydrogens is 306 g/mol. The molecule has 0 bridgehead atoms. The van der Waals surface area contributed by atoms with Gasteiger partial charge in [0.25, 0.3) is 0 Å². The predicted molar refractivity (Wildman–Crippen MR) is 92.5 cm³/mol. The molecule has 4 heterocycles. The van der Waals surface area contributed by atoms with Crippen LogP contribution in [0.1, 0.15) is 41.9 Å². The molecule has 23 heavy (non-hydrogen) atoms. The van der Waals surface area contributed by atoms with Gasteiger partial charge in [-0.2, -0.15) is 0 Å². The number of fused-ring (bicyclic) bond motifs is 1. The van der Waals surface area contributed by atoms with Gasteiger partial charge >= 0.3 is 0 Å². The van der Waals surface area contributed by atoms with Crippen molar-refractivity contribution in [1.29, 1.82) is 0 Å². The summed E-state index contributed by atoms with van der Waals surface area (Å²) in [6, 6.07) is 2.80. The topological polar surface area (TPSA) is 37.2 Å². The van der Waals surface area contributed by atoms with Crippen LogP contribution in [-0.2, 0) is 19.5 Å². The number of likely N-dealkylation sites (tertiary alicyclic amines) is 1. The third kappa shape index (κ3) is 3.34. The maximum atomic E-state index is 4.43. The largest absolute Gasteiger partial charge is 0.303 e. The van der Waals surface area contributed by atoms with E-state index in [9.17, 15) is 0 Å². The Balaban J connectivity index is 1.36. The number of aromatic nitrogens is 3. The Kier molecular flexibility index (Phi) is 4.46. The van der Waals surface area contributed by atoms with Gasteiger partial charge in [-0.1, -0.05) is 12.1 Å². The van der Waals surface area contributed by atoms with E-state index in [1.165, 1.54) is 37.9 Å². The second-order valence-corrected chi connectivity index (χ2v) is 7.69. The van der Waals surface area contributed by atoms with Gasteiger partial charge in [0.05, 0.1) is 17.9 Å². The fraction of sp³-hybridized carbons (Fsp3) is 0.647. The highest BCUT2D eigenvalue weighted by molar-refractivity contribution is 7.10.